The number of nitro groups is 1. The van der Waals surface area contributed by atoms with Crippen LogP contribution in [0.5, 0.6) is 0 Å². The third-order valence-electron chi connectivity index (χ3n) is 2.14. The third kappa shape index (κ3) is 4.37. The van der Waals surface area contributed by atoms with E-state index in [1.165, 1.54) is 12.1 Å². The lowest BCUT2D eigenvalue weighted by Gasteiger charge is -2.12. The molecule has 1 aromatic carbocycles. The topological polar surface area (TPSA) is 72.6 Å². The molecule has 0 aliphatic carbocycles. The monoisotopic (exact) mass is 268 g/mol. The zero-order valence-electron chi connectivity index (χ0n) is 10.6. The first-order valence-electron chi connectivity index (χ1n) is 5.48. The molecular formula is C12H16N2O3S. The minimum Gasteiger partial charge on any atom is -0.258 e. The summed E-state index contributed by atoms with van der Waals surface area (Å²) in [5, 5.41) is 10.6. The highest BCUT2D eigenvalue weighted by Gasteiger charge is 2.17. The van der Waals surface area contributed by atoms with Crippen molar-refractivity contribution in [2.45, 2.75) is 31.9 Å². The molecule has 1 rings (SSSR count). The normalized spacial score (nSPS) is 13.7. The van der Waals surface area contributed by atoms with Gasteiger partial charge < -0.3 is 0 Å². The second-order valence-corrected chi connectivity index (χ2v) is 6.71. The molecule has 1 atom stereocenters. The van der Waals surface area contributed by atoms with Crippen molar-refractivity contribution < 1.29 is 9.13 Å². The van der Waals surface area contributed by atoms with Crippen molar-refractivity contribution in [1.82, 2.24) is 0 Å². The van der Waals surface area contributed by atoms with E-state index in [4.69, 9.17) is 0 Å². The Hall–Kier alpha value is -1.56. The Morgan fingerprint density at radius 1 is 1.44 bits per heavy atom. The molecule has 0 aliphatic heterocycles. The number of non-ortho nitro benzene ring substituents is 1. The van der Waals surface area contributed by atoms with E-state index in [-0.39, 0.29) is 10.4 Å². The average Bonchev–Trinajstić information content (AvgIpc) is 2.28. The molecule has 0 aromatic heterocycles. The fourth-order valence-electron chi connectivity index (χ4n) is 1.17. The van der Waals surface area contributed by atoms with Crippen LogP contribution in [0.25, 0.3) is 0 Å². The molecule has 0 radical (unpaired) electrons. The summed E-state index contributed by atoms with van der Waals surface area (Å²) in [6.07, 6.45) is 1.98. The number of hydrogen-bond donors (Lipinski definition) is 0. The summed E-state index contributed by atoms with van der Waals surface area (Å²) in [5.41, 5.74) is 0.830. The summed E-state index contributed by atoms with van der Waals surface area (Å²) in [6, 6.07) is 6.33. The van der Waals surface area contributed by atoms with Crippen LogP contribution in [0.2, 0.25) is 0 Å². The molecule has 0 heterocycles. The Bertz CT molecular complexity index is 492. The largest absolute Gasteiger partial charge is 0.269 e. The van der Waals surface area contributed by atoms with Crippen LogP contribution >= 0.6 is 0 Å². The molecule has 0 aliphatic rings. The van der Waals surface area contributed by atoms with Gasteiger partial charge in [-0.15, -0.1) is 0 Å². The van der Waals surface area contributed by atoms with Crippen LogP contribution in [0.3, 0.4) is 0 Å². The van der Waals surface area contributed by atoms with Crippen molar-refractivity contribution in [2.75, 3.05) is 0 Å². The first kappa shape index (κ1) is 14.5. The van der Waals surface area contributed by atoms with Crippen LogP contribution in [0, 0.1) is 10.1 Å². The van der Waals surface area contributed by atoms with E-state index in [2.05, 4.69) is 4.40 Å². The van der Waals surface area contributed by atoms with E-state index < -0.39 is 15.9 Å². The van der Waals surface area contributed by atoms with Crippen LogP contribution in [-0.4, -0.2) is 20.1 Å². The van der Waals surface area contributed by atoms with Crippen LogP contribution < -0.4 is 0 Å². The SMILES string of the molecule is CC(C)(C)S(=O)N=CCc1cccc([N+](=O)[O-])c1. The maximum absolute atomic E-state index is 11.6. The number of nitrogens with zero attached hydrogens (tertiary/aromatic N) is 2. The van der Waals surface area contributed by atoms with Crippen LogP contribution in [-0.2, 0) is 17.4 Å². The fourth-order valence-corrected chi connectivity index (χ4v) is 1.69. The van der Waals surface area contributed by atoms with Crippen molar-refractivity contribution in [3.05, 3.63) is 39.9 Å². The first-order chi connectivity index (χ1) is 8.30. The average molecular weight is 268 g/mol. The minimum absolute atomic E-state index is 0.0536. The van der Waals surface area contributed by atoms with Crippen molar-refractivity contribution in [3.8, 4) is 0 Å². The molecule has 0 N–H and O–H groups in total. The van der Waals surface area contributed by atoms with Crippen molar-refractivity contribution in [3.63, 3.8) is 0 Å². The zero-order chi connectivity index (χ0) is 13.8. The van der Waals surface area contributed by atoms with E-state index in [0.29, 0.717) is 6.42 Å². The molecule has 0 saturated heterocycles. The van der Waals surface area contributed by atoms with Gasteiger partial charge >= 0.3 is 0 Å². The van der Waals surface area contributed by atoms with Crippen LogP contribution in [0.4, 0.5) is 5.69 Å². The molecule has 1 aromatic rings. The summed E-state index contributed by atoms with van der Waals surface area (Å²) in [4.78, 5) is 10.2. The van der Waals surface area contributed by atoms with Crippen molar-refractivity contribution in [2.24, 2.45) is 4.40 Å². The van der Waals surface area contributed by atoms with Gasteiger partial charge in [-0.3, -0.25) is 10.1 Å². The van der Waals surface area contributed by atoms with E-state index >= 15 is 0 Å². The molecule has 0 spiro atoms. The standard InChI is InChI=1S/C12H16N2O3S/c1-12(2,3)18(17)13-8-7-10-5-4-6-11(9-10)14(15)16/h4-6,8-9H,7H2,1-3H3. The van der Waals surface area contributed by atoms with Gasteiger partial charge in [-0.25, -0.2) is 4.21 Å². The molecule has 0 fully saturated rings. The van der Waals surface area contributed by atoms with Crippen LogP contribution in [0.15, 0.2) is 28.7 Å². The van der Waals surface area contributed by atoms with E-state index in [9.17, 15) is 14.3 Å². The Morgan fingerprint density at radius 2 is 2.11 bits per heavy atom. The van der Waals surface area contributed by atoms with E-state index in [0.717, 1.165) is 5.56 Å². The lowest BCUT2D eigenvalue weighted by atomic mass is 10.1. The highest BCUT2D eigenvalue weighted by molar-refractivity contribution is 7.85. The second-order valence-electron chi connectivity index (χ2n) is 4.78. The highest BCUT2D eigenvalue weighted by atomic mass is 32.2. The molecule has 0 bridgehead atoms. The molecule has 1 unspecified atom stereocenters. The molecule has 18 heavy (non-hydrogen) atoms. The number of nitro benzene ring substituents is 1. The van der Waals surface area contributed by atoms with E-state index in [1.807, 2.05) is 20.8 Å². The predicted octanol–water partition coefficient (Wildman–Crippen LogP) is 2.67. The van der Waals surface area contributed by atoms with Gasteiger partial charge in [0.05, 0.1) is 9.67 Å². The molecule has 5 nitrogen and oxygen atoms in total. The Labute approximate surface area is 109 Å². The molecule has 98 valence electrons. The predicted molar refractivity (Wildman–Crippen MR) is 73.2 cm³/mol. The van der Waals surface area contributed by atoms with Gasteiger partial charge in [0, 0.05) is 24.8 Å². The quantitative estimate of drug-likeness (QED) is 0.478. The van der Waals surface area contributed by atoms with Gasteiger partial charge in [0.25, 0.3) is 5.69 Å². The molecule has 0 amide bonds. The van der Waals surface area contributed by atoms with Gasteiger partial charge in [0.15, 0.2) is 0 Å². The summed E-state index contributed by atoms with van der Waals surface area (Å²) < 4.78 is 15.2. The van der Waals surface area contributed by atoms with Gasteiger partial charge in [-0.2, -0.15) is 4.40 Å². The smallest absolute Gasteiger partial charge is 0.258 e. The van der Waals surface area contributed by atoms with Crippen molar-refractivity contribution >= 4 is 22.9 Å². The lowest BCUT2D eigenvalue weighted by Crippen LogP contribution is -2.19. The maximum atomic E-state index is 11.6. The number of hydrogen-bond acceptors (Lipinski definition) is 3. The molecule has 6 heteroatoms. The minimum atomic E-state index is -1.29. The molecular weight excluding hydrogens is 252 g/mol. The number of rotatable bonds is 4. The second kappa shape index (κ2) is 5.86. The van der Waals surface area contributed by atoms with Gasteiger partial charge in [0.1, 0.15) is 11.0 Å². The summed E-state index contributed by atoms with van der Waals surface area (Å²) in [7, 11) is -1.29. The molecule has 0 saturated carbocycles. The zero-order valence-corrected chi connectivity index (χ0v) is 11.4. The van der Waals surface area contributed by atoms with Gasteiger partial charge in [-0.05, 0) is 26.3 Å². The van der Waals surface area contributed by atoms with Gasteiger partial charge in [0.2, 0.25) is 0 Å². The van der Waals surface area contributed by atoms with Gasteiger partial charge in [-0.1, -0.05) is 12.1 Å². The maximum Gasteiger partial charge on any atom is 0.269 e. The Kier molecular flexibility index (Phi) is 4.72. The summed E-state index contributed by atoms with van der Waals surface area (Å²) >= 11 is 0. The Morgan fingerprint density at radius 3 is 2.67 bits per heavy atom. The van der Waals surface area contributed by atoms with Crippen LogP contribution in [0.1, 0.15) is 26.3 Å². The fraction of sp³-hybridized carbons (Fsp3) is 0.417. The number of benzene rings is 1. The van der Waals surface area contributed by atoms with Crippen molar-refractivity contribution in [1.29, 1.82) is 0 Å². The third-order valence-corrected chi connectivity index (χ3v) is 3.53. The summed E-state index contributed by atoms with van der Waals surface area (Å²) in [6.45, 7) is 5.52. The first-order valence-corrected chi connectivity index (χ1v) is 6.59. The summed E-state index contributed by atoms with van der Waals surface area (Å²) in [5.74, 6) is 0. The Balaban J connectivity index is 2.70. The lowest BCUT2D eigenvalue weighted by molar-refractivity contribution is -0.384. The van der Waals surface area contributed by atoms with E-state index in [1.54, 1.807) is 18.3 Å². The highest BCUT2D eigenvalue weighted by Crippen LogP contribution is 2.14.